The highest BCUT2D eigenvalue weighted by atomic mass is 35.5. The van der Waals surface area contributed by atoms with Crippen molar-refractivity contribution in [1.29, 1.82) is 0 Å². The van der Waals surface area contributed by atoms with Crippen LogP contribution in [0.3, 0.4) is 0 Å². The van der Waals surface area contributed by atoms with Gasteiger partial charge in [0.15, 0.2) is 11.9 Å². The highest BCUT2D eigenvalue weighted by Gasteiger charge is 2.26. The molecule has 0 aliphatic heterocycles. The number of H-pyrrole nitrogens is 1. The summed E-state index contributed by atoms with van der Waals surface area (Å²) >= 11 is 6.02. The Morgan fingerprint density at radius 1 is 1.20 bits per heavy atom. The molecule has 2 aromatic rings. The number of nitrogens with one attached hydrogen (secondary N) is 1. The van der Waals surface area contributed by atoms with Crippen molar-refractivity contribution < 1.29 is 19.1 Å². The summed E-state index contributed by atoms with van der Waals surface area (Å²) in [7, 11) is 0. The zero-order valence-electron chi connectivity index (χ0n) is 14.6. The first-order chi connectivity index (χ1) is 11.7. The number of Topliss-reactive ketones (excluding diaryl/α,β-unsaturated/α-hetero) is 2. The molecule has 0 unspecified atom stereocenters. The normalized spacial score (nSPS) is 11.9. The average Bonchev–Trinajstić information content (AvgIpc) is 2.83. The molecule has 0 bridgehead atoms. The van der Waals surface area contributed by atoms with Crippen molar-refractivity contribution in [2.24, 2.45) is 0 Å². The monoisotopic (exact) mass is 361 g/mol. The molecule has 1 N–H and O–H groups in total. The molecule has 0 aliphatic rings. The van der Waals surface area contributed by atoms with E-state index in [9.17, 15) is 14.4 Å². The molecule has 6 heteroatoms. The van der Waals surface area contributed by atoms with Crippen LogP contribution in [-0.2, 0) is 16.0 Å². The number of halogens is 1. The van der Waals surface area contributed by atoms with Crippen molar-refractivity contribution in [1.82, 2.24) is 4.98 Å². The first kappa shape index (κ1) is 18.9. The first-order valence-electron chi connectivity index (χ1n) is 7.89. The Morgan fingerprint density at radius 2 is 1.84 bits per heavy atom. The van der Waals surface area contributed by atoms with Crippen molar-refractivity contribution in [3.05, 3.63) is 57.4 Å². The van der Waals surface area contributed by atoms with E-state index >= 15 is 0 Å². The molecule has 0 fully saturated rings. The minimum absolute atomic E-state index is 0.0152. The summed E-state index contributed by atoms with van der Waals surface area (Å²) in [6.07, 6.45) is -0.981. The number of aryl methyl sites for hydroxylation is 1. The maximum atomic E-state index is 12.6. The number of carbonyl (C=O) groups is 3. The lowest BCUT2D eigenvalue weighted by atomic mass is 10.0. The Labute approximate surface area is 151 Å². The van der Waals surface area contributed by atoms with Crippen LogP contribution in [0.1, 0.15) is 51.5 Å². The summed E-state index contributed by atoms with van der Waals surface area (Å²) < 4.78 is 5.24. The van der Waals surface area contributed by atoms with Gasteiger partial charge in [-0.15, -0.1) is 0 Å². The second-order valence-electron chi connectivity index (χ2n) is 5.95. The van der Waals surface area contributed by atoms with Crippen LogP contribution in [0.25, 0.3) is 0 Å². The van der Waals surface area contributed by atoms with Crippen LogP contribution < -0.4 is 0 Å². The second kappa shape index (κ2) is 7.66. The Morgan fingerprint density at radius 3 is 2.40 bits per heavy atom. The lowest BCUT2D eigenvalue weighted by Gasteiger charge is -2.12. The van der Waals surface area contributed by atoms with E-state index in [1.807, 2.05) is 0 Å². The molecule has 0 spiro atoms. The van der Waals surface area contributed by atoms with Crippen LogP contribution in [0.2, 0.25) is 5.02 Å². The van der Waals surface area contributed by atoms with E-state index < -0.39 is 12.1 Å². The van der Waals surface area contributed by atoms with Gasteiger partial charge >= 0.3 is 5.97 Å². The number of benzene rings is 1. The number of carbonyl (C=O) groups excluding carboxylic acids is 3. The third-order valence-electron chi connectivity index (χ3n) is 4.01. The van der Waals surface area contributed by atoms with Gasteiger partial charge in [0.1, 0.15) is 0 Å². The van der Waals surface area contributed by atoms with Crippen molar-refractivity contribution in [2.75, 3.05) is 0 Å². The predicted octanol–water partition coefficient (Wildman–Crippen LogP) is 3.84. The molecule has 132 valence electrons. The molecule has 0 saturated carbocycles. The Kier molecular flexibility index (Phi) is 5.80. The van der Waals surface area contributed by atoms with Crippen LogP contribution >= 0.6 is 11.6 Å². The lowest BCUT2D eigenvalue weighted by molar-refractivity contribution is -0.145. The first-order valence-corrected chi connectivity index (χ1v) is 8.27. The fourth-order valence-corrected chi connectivity index (χ4v) is 3.02. The highest BCUT2D eigenvalue weighted by molar-refractivity contribution is 6.31. The van der Waals surface area contributed by atoms with Gasteiger partial charge in [0.2, 0.25) is 5.78 Å². The van der Waals surface area contributed by atoms with Crippen molar-refractivity contribution in [3.8, 4) is 0 Å². The molecular weight excluding hydrogens is 342 g/mol. The highest BCUT2D eigenvalue weighted by Crippen LogP contribution is 2.21. The van der Waals surface area contributed by atoms with Crippen molar-refractivity contribution in [2.45, 2.75) is 40.2 Å². The van der Waals surface area contributed by atoms with Gasteiger partial charge in [0.05, 0.1) is 12.1 Å². The van der Waals surface area contributed by atoms with Gasteiger partial charge in [0, 0.05) is 16.3 Å². The Bertz CT molecular complexity index is 838. The fourth-order valence-electron chi connectivity index (χ4n) is 2.82. The summed E-state index contributed by atoms with van der Waals surface area (Å²) in [4.78, 5) is 39.2. The van der Waals surface area contributed by atoms with Crippen molar-refractivity contribution in [3.63, 3.8) is 0 Å². The van der Waals surface area contributed by atoms with Crippen LogP contribution in [0, 0.1) is 13.8 Å². The SMILES string of the molecule is CC(=O)c1c(C)[nH]c(C(=O)[C@H](C)OC(=O)Cc2ccccc2Cl)c1C. The zero-order valence-corrected chi connectivity index (χ0v) is 15.4. The molecule has 0 radical (unpaired) electrons. The van der Waals surface area contributed by atoms with Crippen molar-refractivity contribution >= 4 is 29.1 Å². The number of esters is 1. The maximum Gasteiger partial charge on any atom is 0.311 e. The van der Waals surface area contributed by atoms with Crippen LogP contribution in [-0.4, -0.2) is 28.6 Å². The van der Waals surface area contributed by atoms with Gasteiger partial charge in [0.25, 0.3) is 0 Å². The number of aromatic nitrogens is 1. The molecule has 1 aromatic heterocycles. The molecule has 0 amide bonds. The van der Waals surface area contributed by atoms with Gasteiger partial charge < -0.3 is 9.72 Å². The molecule has 5 nitrogen and oxygen atoms in total. The van der Waals surface area contributed by atoms with E-state index in [0.717, 1.165) is 0 Å². The maximum absolute atomic E-state index is 12.6. The number of aromatic amines is 1. The van der Waals surface area contributed by atoms with E-state index in [0.29, 0.717) is 33.1 Å². The van der Waals surface area contributed by atoms with Crippen LogP contribution in [0.15, 0.2) is 24.3 Å². The van der Waals surface area contributed by atoms with E-state index in [2.05, 4.69) is 4.98 Å². The van der Waals surface area contributed by atoms with Crippen LogP contribution in [0.4, 0.5) is 0 Å². The molecule has 25 heavy (non-hydrogen) atoms. The van der Waals surface area contributed by atoms with E-state index in [-0.39, 0.29) is 18.0 Å². The minimum atomic E-state index is -0.966. The largest absolute Gasteiger partial charge is 0.454 e. The lowest BCUT2D eigenvalue weighted by Crippen LogP contribution is -2.26. The summed E-state index contributed by atoms with van der Waals surface area (Å²) in [6, 6.07) is 6.96. The molecule has 1 aromatic carbocycles. The van der Waals surface area contributed by atoms with Crippen LogP contribution in [0.5, 0.6) is 0 Å². The predicted molar refractivity (Wildman–Crippen MR) is 95.3 cm³/mol. The summed E-state index contributed by atoms with van der Waals surface area (Å²) in [6.45, 7) is 6.39. The minimum Gasteiger partial charge on any atom is -0.454 e. The average molecular weight is 362 g/mol. The third-order valence-corrected chi connectivity index (χ3v) is 4.37. The Hall–Kier alpha value is -2.40. The molecular formula is C19H20ClNO4. The summed E-state index contributed by atoms with van der Waals surface area (Å²) in [5, 5.41) is 0.473. The summed E-state index contributed by atoms with van der Waals surface area (Å²) in [5.41, 5.74) is 2.63. The molecule has 1 heterocycles. The fraction of sp³-hybridized carbons (Fsp3) is 0.316. The second-order valence-corrected chi connectivity index (χ2v) is 6.35. The molecule has 1 atom stereocenters. The van der Waals surface area contributed by atoms with Gasteiger partial charge in [-0.2, -0.15) is 0 Å². The quantitative estimate of drug-likeness (QED) is 0.626. The Balaban J connectivity index is 2.10. The number of ether oxygens (including phenoxy) is 1. The van der Waals surface area contributed by atoms with Gasteiger partial charge in [-0.25, -0.2) is 0 Å². The topological polar surface area (TPSA) is 76.2 Å². The third kappa shape index (κ3) is 4.17. The van der Waals surface area contributed by atoms with Gasteiger partial charge in [-0.3, -0.25) is 14.4 Å². The number of hydrogen-bond donors (Lipinski definition) is 1. The molecule has 0 aliphatic carbocycles. The zero-order chi connectivity index (χ0) is 18.7. The molecule has 0 saturated heterocycles. The number of hydrogen-bond acceptors (Lipinski definition) is 4. The van der Waals surface area contributed by atoms with E-state index in [1.54, 1.807) is 38.1 Å². The standard InChI is InChI=1S/C19H20ClNO4/c1-10-17(12(3)22)11(2)21-18(10)19(24)13(4)25-16(23)9-14-7-5-6-8-15(14)20/h5-8,13,21H,9H2,1-4H3/t13-/m0/s1. The van der Waals surface area contributed by atoms with Gasteiger partial charge in [-0.05, 0) is 44.9 Å². The van der Waals surface area contributed by atoms with E-state index in [1.165, 1.54) is 13.8 Å². The smallest absolute Gasteiger partial charge is 0.311 e. The van der Waals surface area contributed by atoms with Gasteiger partial charge in [-0.1, -0.05) is 29.8 Å². The number of ketones is 2. The summed E-state index contributed by atoms with van der Waals surface area (Å²) in [5.74, 6) is -1.03. The van der Waals surface area contributed by atoms with E-state index in [4.69, 9.17) is 16.3 Å². The molecule has 2 rings (SSSR count). The number of rotatable bonds is 6.